The molecule has 6 nitrogen and oxygen atoms in total. The molecule has 1 heterocycles. The van der Waals surface area contributed by atoms with Gasteiger partial charge in [-0.3, -0.25) is 14.5 Å². The van der Waals surface area contributed by atoms with E-state index >= 15 is 0 Å². The molecule has 1 saturated heterocycles. The molecule has 2 N–H and O–H groups in total. The summed E-state index contributed by atoms with van der Waals surface area (Å²) in [5.74, 6) is -0.785. The van der Waals surface area contributed by atoms with Crippen LogP contribution in [0.3, 0.4) is 0 Å². The summed E-state index contributed by atoms with van der Waals surface area (Å²) in [4.78, 5) is 26.5. The highest BCUT2D eigenvalue weighted by Gasteiger charge is 2.41. The van der Waals surface area contributed by atoms with Crippen LogP contribution in [-0.2, 0) is 20.7 Å². The monoisotopic (exact) mass is 388 g/mol. The number of ether oxygens (including phenoxy) is 1. The number of morpholine rings is 1. The molecule has 1 aliphatic carbocycles. The lowest BCUT2D eigenvalue weighted by Crippen LogP contribution is -2.54. The Morgan fingerprint density at radius 3 is 2.46 bits per heavy atom. The minimum absolute atomic E-state index is 0.0414. The molecule has 1 unspecified atom stereocenters. The van der Waals surface area contributed by atoms with Crippen LogP contribution in [0.15, 0.2) is 30.3 Å². The van der Waals surface area contributed by atoms with Gasteiger partial charge < -0.3 is 15.2 Å². The average Bonchev–Trinajstić information content (AvgIpc) is 3.17. The number of carboxylic acids is 1. The summed E-state index contributed by atoms with van der Waals surface area (Å²) in [6.07, 6.45) is 6.09. The highest BCUT2D eigenvalue weighted by atomic mass is 16.5. The van der Waals surface area contributed by atoms with Gasteiger partial charge in [-0.15, -0.1) is 0 Å². The average molecular weight is 389 g/mol. The molecule has 0 radical (unpaired) electrons. The van der Waals surface area contributed by atoms with Crippen molar-refractivity contribution in [3.05, 3.63) is 35.9 Å². The number of rotatable bonds is 9. The first-order valence-corrected chi connectivity index (χ1v) is 10.5. The summed E-state index contributed by atoms with van der Waals surface area (Å²) in [7, 11) is 0. The fourth-order valence-electron chi connectivity index (χ4n) is 4.67. The molecule has 0 spiro atoms. The number of carbonyl (C=O) groups is 2. The van der Waals surface area contributed by atoms with E-state index in [0.717, 1.165) is 57.6 Å². The minimum Gasteiger partial charge on any atom is -0.481 e. The van der Waals surface area contributed by atoms with E-state index in [-0.39, 0.29) is 23.9 Å². The molecule has 154 valence electrons. The largest absolute Gasteiger partial charge is 0.481 e. The number of nitrogens with one attached hydrogen (secondary N) is 1. The van der Waals surface area contributed by atoms with Gasteiger partial charge in [0.05, 0.1) is 13.2 Å². The first-order valence-electron chi connectivity index (χ1n) is 10.5. The minimum atomic E-state index is -0.826. The Hall–Kier alpha value is -1.92. The van der Waals surface area contributed by atoms with Crippen molar-refractivity contribution in [2.24, 2.45) is 0 Å². The van der Waals surface area contributed by atoms with Gasteiger partial charge in [0.15, 0.2) is 0 Å². The Bertz CT molecular complexity index is 637. The number of amides is 1. The fraction of sp³-hybridized carbons (Fsp3) is 0.636. The predicted molar refractivity (Wildman–Crippen MR) is 107 cm³/mol. The van der Waals surface area contributed by atoms with Crippen molar-refractivity contribution >= 4 is 11.9 Å². The summed E-state index contributed by atoms with van der Waals surface area (Å²) in [6.45, 7) is 3.25. The van der Waals surface area contributed by atoms with Gasteiger partial charge in [-0.25, -0.2) is 0 Å². The van der Waals surface area contributed by atoms with Crippen LogP contribution in [0.2, 0.25) is 0 Å². The van der Waals surface area contributed by atoms with Crippen LogP contribution in [0, 0.1) is 0 Å². The van der Waals surface area contributed by atoms with E-state index in [9.17, 15) is 9.59 Å². The molecule has 1 aromatic carbocycles. The van der Waals surface area contributed by atoms with Crippen LogP contribution in [0.5, 0.6) is 0 Å². The van der Waals surface area contributed by atoms with Crippen LogP contribution in [0.1, 0.15) is 50.5 Å². The lowest BCUT2D eigenvalue weighted by Gasteiger charge is -2.43. The van der Waals surface area contributed by atoms with Crippen LogP contribution in [0.4, 0.5) is 0 Å². The second-order valence-corrected chi connectivity index (χ2v) is 8.09. The Morgan fingerprint density at radius 1 is 1.14 bits per heavy atom. The SMILES string of the molecule is O=C(O)CCC(Cc1ccccc1)NC(=O)CC1(N2CCOCC2)CCCC1. The third kappa shape index (κ3) is 5.79. The maximum atomic E-state index is 13.0. The van der Waals surface area contributed by atoms with Gasteiger partial charge >= 0.3 is 5.97 Å². The van der Waals surface area contributed by atoms with Crippen molar-refractivity contribution in [3.63, 3.8) is 0 Å². The van der Waals surface area contributed by atoms with Crippen LogP contribution in [-0.4, -0.2) is 59.8 Å². The third-order valence-electron chi connectivity index (χ3n) is 6.10. The topological polar surface area (TPSA) is 78.9 Å². The van der Waals surface area contributed by atoms with E-state index in [1.165, 1.54) is 0 Å². The summed E-state index contributed by atoms with van der Waals surface area (Å²) in [5.41, 5.74) is 1.06. The molecule has 1 aliphatic heterocycles. The molecule has 0 aromatic heterocycles. The molecule has 3 rings (SSSR count). The summed E-state index contributed by atoms with van der Waals surface area (Å²) < 4.78 is 5.50. The summed E-state index contributed by atoms with van der Waals surface area (Å²) in [6, 6.07) is 9.78. The van der Waals surface area contributed by atoms with Crippen LogP contribution < -0.4 is 5.32 Å². The normalized spacial score (nSPS) is 20.6. The Morgan fingerprint density at radius 2 is 1.82 bits per heavy atom. The highest BCUT2D eigenvalue weighted by Crippen LogP contribution is 2.38. The zero-order valence-electron chi connectivity index (χ0n) is 16.6. The van der Waals surface area contributed by atoms with Gasteiger partial charge in [0, 0.05) is 37.5 Å². The number of benzene rings is 1. The second-order valence-electron chi connectivity index (χ2n) is 8.09. The zero-order chi connectivity index (χ0) is 19.8. The molecule has 0 bridgehead atoms. The molecule has 1 saturated carbocycles. The maximum Gasteiger partial charge on any atom is 0.303 e. The van der Waals surface area contributed by atoms with Crippen molar-refractivity contribution < 1.29 is 19.4 Å². The van der Waals surface area contributed by atoms with E-state index in [1.54, 1.807) is 0 Å². The standard InChI is InChI=1S/C22H32N2O4/c25-20(17-22(10-4-5-11-22)24-12-14-28-15-13-24)23-19(8-9-21(26)27)16-18-6-2-1-3-7-18/h1-3,6-7,19H,4-5,8-17H2,(H,23,25)(H,26,27). The van der Waals surface area contributed by atoms with Gasteiger partial charge in [-0.2, -0.15) is 0 Å². The first-order chi connectivity index (χ1) is 13.6. The number of hydrogen-bond acceptors (Lipinski definition) is 4. The Kier molecular flexibility index (Phi) is 7.45. The zero-order valence-corrected chi connectivity index (χ0v) is 16.6. The van der Waals surface area contributed by atoms with E-state index in [4.69, 9.17) is 9.84 Å². The summed E-state index contributed by atoms with van der Waals surface area (Å²) in [5, 5.41) is 12.2. The number of aliphatic carboxylic acids is 1. The molecule has 1 atom stereocenters. The van der Waals surface area contributed by atoms with Gasteiger partial charge in [0.1, 0.15) is 0 Å². The maximum absolute atomic E-state index is 13.0. The Labute approximate surface area is 167 Å². The molecular weight excluding hydrogens is 356 g/mol. The Balaban J connectivity index is 1.63. The quantitative estimate of drug-likeness (QED) is 0.680. The molecule has 28 heavy (non-hydrogen) atoms. The van der Waals surface area contributed by atoms with Gasteiger partial charge in [-0.1, -0.05) is 43.2 Å². The highest BCUT2D eigenvalue weighted by molar-refractivity contribution is 5.77. The molecule has 1 amide bonds. The smallest absolute Gasteiger partial charge is 0.303 e. The molecule has 2 aliphatic rings. The summed E-state index contributed by atoms with van der Waals surface area (Å²) >= 11 is 0. The molecule has 2 fully saturated rings. The number of carbonyl (C=O) groups excluding carboxylic acids is 1. The van der Waals surface area contributed by atoms with Crippen molar-refractivity contribution in [3.8, 4) is 0 Å². The first kappa shape index (κ1) is 20.8. The van der Waals surface area contributed by atoms with Gasteiger partial charge in [0.2, 0.25) is 5.91 Å². The van der Waals surface area contributed by atoms with Crippen molar-refractivity contribution in [2.75, 3.05) is 26.3 Å². The molecule has 6 heteroatoms. The second kappa shape index (κ2) is 10.0. The number of carboxylic acid groups (broad SMARTS) is 1. The van der Waals surface area contributed by atoms with E-state index < -0.39 is 5.97 Å². The van der Waals surface area contributed by atoms with Gasteiger partial charge in [-0.05, 0) is 31.2 Å². The molecular formula is C22H32N2O4. The van der Waals surface area contributed by atoms with Crippen LogP contribution in [0.25, 0.3) is 0 Å². The molecule has 1 aromatic rings. The van der Waals surface area contributed by atoms with E-state index in [2.05, 4.69) is 10.2 Å². The fourth-order valence-corrected chi connectivity index (χ4v) is 4.67. The van der Waals surface area contributed by atoms with Crippen molar-refractivity contribution in [1.29, 1.82) is 0 Å². The van der Waals surface area contributed by atoms with Crippen molar-refractivity contribution in [1.82, 2.24) is 10.2 Å². The van der Waals surface area contributed by atoms with Crippen LogP contribution >= 0.6 is 0 Å². The lowest BCUT2D eigenvalue weighted by molar-refractivity contribution is -0.137. The number of nitrogens with zero attached hydrogens (tertiary/aromatic N) is 1. The predicted octanol–water partition coefficient (Wildman–Crippen LogP) is 2.61. The lowest BCUT2D eigenvalue weighted by atomic mass is 9.89. The van der Waals surface area contributed by atoms with Gasteiger partial charge in [0.25, 0.3) is 0 Å². The number of hydrogen-bond donors (Lipinski definition) is 2. The van der Waals surface area contributed by atoms with Crippen molar-refractivity contribution in [2.45, 2.75) is 62.9 Å². The van der Waals surface area contributed by atoms with E-state index in [1.807, 2.05) is 30.3 Å². The van der Waals surface area contributed by atoms with E-state index in [0.29, 0.717) is 19.3 Å². The third-order valence-corrected chi connectivity index (χ3v) is 6.10.